The lowest BCUT2D eigenvalue weighted by Gasteiger charge is -2.13. The van der Waals surface area contributed by atoms with Crippen LogP contribution in [0.5, 0.6) is 0 Å². The first-order valence-corrected chi connectivity index (χ1v) is 7.60. The number of nitrogens with one attached hydrogen (secondary N) is 1. The maximum absolute atomic E-state index is 12.1. The Morgan fingerprint density at radius 1 is 1.50 bits per heavy atom. The van der Waals surface area contributed by atoms with Crippen molar-refractivity contribution >= 4 is 10.0 Å². The van der Waals surface area contributed by atoms with Crippen molar-refractivity contribution in [3.63, 3.8) is 0 Å². The number of aliphatic hydroxyl groups is 1. The first kappa shape index (κ1) is 13.6. The molecule has 0 radical (unpaired) electrons. The summed E-state index contributed by atoms with van der Waals surface area (Å²) >= 11 is 0. The molecule has 1 aromatic rings. The fourth-order valence-electron chi connectivity index (χ4n) is 2.03. The maximum atomic E-state index is 12.1. The SMILES string of the molecule is CCC1(CNS(=O)(=O)c2cc(CO)oc2C)CC1. The summed E-state index contributed by atoms with van der Waals surface area (Å²) in [7, 11) is -3.54. The number of hydrogen-bond donors (Lipinski definition) is 2. The Kier molecular flexibility index (Phi) is 3.53. The number of furan rings is 1. The highest BCUT2D eigenvalue weighted by atomic mass is 32.2. The van der Waals surface area contributed by atoms with Gasteiger partial charge < -0.3 is 9.52 Å². The maximum Gasteiger partial charge on any atom is 0.244 e. The van der Waals surface area contributed by atoms with E-state index in [1.54, 1.807) is 6.92 Å². The van der Waals surface area contributed by atoms with Gasteiger partial charge in [0.15, 0.2) is 0 Å². The van der Waals surface area contributed by atoms with E-state index in [9.17, 15) is 8.42 Å². The van der Waals surface area contributed by atoms with E-state index in [4.69, 9.17) is 9.52 Å². The van der Waals surface area contributed by atoms with E-state index in [0.29, 0.717) is 12.3 Å². The molecule has 1 saturated carbocycles. The van der Waals surface area contributed by atoms with E-state index in [-0.39, 0.29) is 22.7 Å². The van der Waals surface area contributed by atoms with Gasteiger partial charge in [-0.1, -0.05) is 6.92 Å². The molecule has 0 amide bonds. The molecule has 102 valence electrons. The van der Waals surface area contributed by atoms with Crippen molar-refractivity contribution in [2.24, 2.45) is 5.41 Å². The molecule has 18 heavy (non-hydrogen) atoms. The number of hydrogen-bond acceptors (Lipinski definition) is 4. The molecule has 1 heterocycles. The molecular weight excluding hydrogens is 254 g/mol. The van der Waals surface area contributed by atoms with E-state index in [1.165, 1.54) is 6.07 Å². The van der Waals surface area contributed by atoms with Gasteiger partial charge in [0.1, 0.15) is 23.0 Å². The van der Waals surface area contributed by atoms with Gasteiger partial charge in [-0.2, -0.15) is 0 Å². The van der Waals surface area contributed by atoms with Crippen molar-refractivity contribution in [1.29, 1.82) is 0 Å². The number of aryl methyl sites for hydroxylation is 1. The van der Waals surface area contributed by atoms with Crippen LogP contribution >= 0.6 is 0 Å². The molecule has 1 aromatic heterocycles. The fourth-order valence-corrected chi connectivity index (χ4v) is 3.39. The van der Waals surface area contributed by atoms with Crippen LogP contribution in [-0.2, 0) is 16.6 Å². The van der Waals surface area contributed by atoms with Gasteiger partial charge in [-0.3, -0.25) is 0 Å². The molecule has 0 spiro atoms. The zero-order chi connectivity index (χ0) is 13.4. The van der Waals surface area contributed by atoms with Gasteiger partial charge in [0.05, 0.1) is 0 Å². The van der Waals surface area contributed by atoms with Crippen LogP contribution in [0.3, 0.4) is 0 Å². The molecule has 1 aliphatic rings. The van der Waals surface area contributed by atoms with Crippen LogP contribution in [0.1, 0.15) is 37.7 Å². The fraction of sp³-hybridized carbons (Fsp3) is 0.667. The van der Waals surface area contributed by atoms with Gasteiger partial charge in [-0.15, -0.1) is 0 Å². The zero-order valence-electron chi connectivity index (χ0n) is 10.7. The Bertz CT molecular complexity index is 528. The summed E-state index contributed by atoms with van der Waals surface area (Å²) < 4.78 is 32.0. The van der Waals surface area contributed by atoms with Gasteiger partial charge in [-0.25, -0.2) is 13.1 Å². The second-order valence-corrected chi connectivity index (χ2v) is 6.70. The molecule has 1 fully saturated rings. The van der Waals surface area contributed by atoms with Crippen molar-refractivity contribution in [2.45, 2.75) is 44.6 Å². The standard InChI is InChI=1S/C12H19NO4S/c1-3-12(4-5-12)8-13-18(15,16)11-6-10(7-14)17-9(11)2/h6,13-14H,3-5,7-8H2,1-2H3. The predicted molar refractivity (Wildman–Crippen MR) is 66.5 cm³/mol. The Hall–Kier alpha value is -0.850. The summed E-state index contributed by atoms with van der Waals surface area (Å²) in [6.45, 7) is 3.84. The number of rotatable bonds is 6. The van der Waals surface area contributed by atoms with Crippen LogP contribution in [-0.4, -0.2) is 20.1 Å². The molecule has 0 atom stereocenters. The molecule has 0 unspecified atom stereocenters. The summed E-state index contributed by atoms with van der Waals surface area (Å²) in [5.41, 5.74) is 0.157. The van der Waals surface area contributed by atoms with E-state index in [1.807, 2.05) is 0 Å². The second kappa shape index (κ2) is 4.68. The quantitative estimate of drug-likeness (QED) is 0.824. The monoisotopic (exact) mass is 273 g/mol. The molecule has 5 nitrogen and oxygen atoms in total. The summed E-state index contributed by atoms with van der Waals surface area (Å²) in [4.78, 5) is 0.124. The van der Waals surface area contributed by atoms with E-state index < -0.39 is 10.0 Å². The minimum atomic E-state index is -3.54. The van der Waals surface area contributed by atoms with Crippen molar-refractivity contribution in [3.05, 3.63) is 17.6 Å². The summed E-state index contributed by atoms with van der Waals surface area (Å²) in [6.07, 6.45) is 3.15. The summed E-state index contributed by atoms with van der Waals surface area (Å²) in [6, 6.07) is 1.38. The number of aliphatic hydroxyl groups excluding tert-OH is 1. The molecule has 1 aliphatic carbocycles. The topological polar surface area (TPSA) is 79.5 Å². The third-order valence-corrected chi connectivity index (χ3v) is 5.22. The van der Waals surface area contributed by atoms with E-state index >= 15 is 0 Å². The van der Waals surface area contributed by atoms with Gasteiger partial charge in [0.2, 0.25) is 10.0 Å². The highest BCUT2D eigenvalue weighted by Gasteiger charge is 2.41. The minimum absolute atomic E-state index is 0.124. The van der Waals surface area contributed by atoms with Crippen LogP contribution in [0.15, 0.2) is 15.4 Å². The first-order valence-electron chi connectivity index (χ1n) is 6.12. The van der Waals surface area contributed by atoms with Gasteiger partial charge in [0, 0.05) is 12.6 Å². The summed E-state index contributed by atoms with van der Waals surface area (Å²) in [5, 5.41) is 8.94. The van der Waals surface area contributed by atoms with Crippen molar-refractivity contribution in [2.75, 3.05) is 6.54 Å². The Labute approximate surface area is 107 Å². The van der Waals surface area contributed by atoms with Gasteiger partial charge in [0.25, 0.3) is 0 Å². The van der Waals surface area contributed by atoms with Gasteiger partial charge in [-0.05, 0) is 31.6 Å². The molecular formula is C12H19NO4S. The third-order valence-electron chi connectivity index (χ3n) is 3.71. The van der Waals surface area contributed by atoms with Crippen molar-refractivity contribution < 1.29 is 17.9 Å². The highest BCUT2D eigenvalue weighted by molar-refractivity contribution is 7.89. The average molecular weight is 273 g/mol. The molecule has 6 heteroatoms. The third kappa shape index (κ3) is 2.60. The van der Waals surface area contributed by atoms with E-state index in [2.05, 4.69) is 11.6 Å². The van der Waals surface area contributed by atoms with Crippen LogP contribution in [0, 0.1) is 12.3 Å². The smallest absolute Gasteiger partial charge is 0.244 e. The molecule has 0 aromatic carbocycles. The minimum Gasteiger partial charge on any atom is -0.462 e. The molecule has 0 saturated heterocycles. The van der Waals surface area contributed by atoms with Crippen LogP contribution < -0.4 is 4.72 Å². The van der Waals surface area contributed by atoms with Gasteiger partial charge >= 0.3 is 0 Å². The summed E-state index contributed by atoms with van der Waals surface area (Å²) in [5.74, 6) is 0.581. The zero-order valence-corrected chi connectivity index (χ0v) is 11.5. The Morgan fingerprint density at radius 2 is 2.17 bits per heavy atom. The second-order valence-electron chi connectivity index (χ2n) is 4.97. The Morgan fingerprint density at radius 3 is 2.61 bits per heavy atom. The van der Waals surface area contributed by atoms with Crippen molar-refractivity contribution in [1.82, 2.24) is 4.72 Å². The number of sulfonamides is 1. The lowest BCUT2D eigenvalue weighted by atomic mass is 10.1. The molecule has 2 rings (SSSR count). The lowest BCUT2D eigenvalue weighted by molar-refractivity contribution is 0.244. The Balaban J connectivity index is 2.12. The molecule has 0 bridgehead atoms. The van der Waals surface area contributed by atoms with Crippen LogP contribution in [0.2, 0.25) is 0 Å². The largest absolute Gasteiger partial charge is 0.462 e. The van der Waals surface area contributed by atoms with Crippen LogP contribution in [0.4, 0.5) is 0 Å². The average Bonchev–Trinajstić information content (AvgIpc) is 3.03. The first-order chi connectivity index (χ1) is 8.42. The van der Waals surface area contributed by atoms with Crippen LogP contribution in [0.25, 0.3) is 0 Å². The molecule has 0 aliphatic heterocycles. The van der Waals surface area contributed by atoms with Crippen molar-refractivity contribution in [3.8, 4) is 0 Å². The lowest BCUT2D eigenvalue weighted by Crippen LogP contribution is -2.30. The predicted octanol–water partition coefficient (Wildman–Crippen LogP) is 1.55. The molecule has 2 N–H and O–H groups in total. The van der Waals surface area contributed by atoms with E-state index in [0.717, 1.165) is 19.3 Å². The normalized spacial score (nSPS) is 17.9. The highest BCUT2D eigenvalue weighted by Crippen LogP contribution is 2.48.